The van der Waals surface area contributed by atoms with Crippen molar-refractivity contribution in [2.24, 2.45) is 5.10 Å². The molecular weight excluding hydrogens is 196 g/mol. The molecule has 1 aliphatic rings. The summed E-state index contributed by atoms with van der Waals surface area (Å²) in [6.45, 7) is 1.87. The molecule has 72 valence electrons. The highest BCUT2D eigenvalue weighted by molar-refractivity contribution is 7.75. The molecule has 0 fully saturated rings. The zero-order valence-corrected chi connectivity index (χ0v) is 7.72. The molecule has 13 heavy (non-hydrogen) atoms. The van der Waals surface area contributed by atoms with E-state index in [2.05, 4.69) is 15.3 Å². The zero-order valence-electron chi connectivity index (χ0n) is 6.90. The summed E-state index contributed by atoms with van der Waals surface area (Å²) < 4.78 is 25.7. The molecule has 0 aromatic rings. The van der Waals surface area contributed by atoms with Crippen molar-refractivity contribution in [3.05, 3.63) is 0 Å². The monoisotopic (exact) mass is 204 g/mol. The SMILES string of the molecule is CCOC(=O)C1=NNCC1=S(=O)=O. The first-order valence-corrected chi connectivity index (χ1v) is 4.67. The molecule has 0 radical (unpaired) electrons. The van der Waals surface area contributed by atoms with E-state index < -0.39 is 16.3 Å². The van der Waals surface area contributed by atoms with Crippen LogP contribution >= 0.6 is 0 Å². The Morgan fingerprint density at radius 1 is 1.69 bits per heavy atom. The Morgan fingerprint density at radius 3 is 2.92 bits per heavy atom. The maximum absolute atomic E-state index is 11.1. The maximum Gasteiger partial charge on any atom is 0.360 e. The van der Waals surface area contributed by atoms with Gasteiger partial charge in [0, 0.05) is 0 Å². The van der Waals surface area contributed by atoms with E-state index in [0.717, 1.165) is 0 Å². The normalized spacial score (nSPS) is 14.8. The Labute approximate surface area is 76.1 Å². The van der Waals surface area contributed by atoms with Gasteiger partial charge in [-0.1, -0.05) is 0 Å². The van der Waals surface area contributed by atoms with Gasteiger partial charge in [0.25, 0.3) is 0 Å². The van der Waals surface area contributed by atoms with E-state index in [9.17, 15) is 13.2 Å². The summed E-state index contributed by atoms with van der Waals surface area (Å²) in [4.78, 5) is 11.0. The number of ether oxygens (including phenoxy) is 1. The van der Waals surface area contributed by atoms with Crippen LogP contribution in [-0.4, -0.2) is 38.1 Å². The summed E-state index contributed by atoms with van der Waals surface area (Å²) in [5, 5.41) is 3.52. The quantitative estimate of drug-likeness (QED) is 0.440. The third kappa shape index (κ3) is 2.05. The van der Waals surface area contributed by atoms with Crippen LogP contribution in [0.2, 0.25) is 0 Å². The number of hydrogen-bond donors (Lipinski definition) is 1. The fraction of sp³-hybridized carbons (Fsp3) is 0.500. The van der Waals surface area contributed by atoms with Gasteiger partial charge in [0.15, 0.2) is 5.71 Å². The summed E-state index contributed by atoms with van der Waals surface area (Å²) in [6.07, 6.45) is 0. The van der Waals surface area contributed by atoms with E-state index in [0.29, 0.717) is 0 Å². The second kappa shape index (κ2) is 4.04. The summed E-state index contributed by atoms with van der Waals surface area (Å²) >= 11 is 0. The number of carbonyl (C=O) groups excluding carboxylic acids is 1. The van der Waals surface area contributed by atoms with Gasteiger partial charge in [0.1, 0.15) is 4.86 Å². The number of esters is 1. The van der Waals surface area contributed by atoms with Gasteiger partial charge in [0.2, 0.25) is 10.3 Å². The molecule has 0 aliphatic carbocycles. The van der Waals surface area contributed by atoms with E-state index in [1.54, 1.807) is 6.92 Å². The Balaban J connectivity index is 2.93. The molecule has 6 nitrogen and oxygen atoms in total. The summed E-state index contributed by atoms with van der Waals surface area (Å²) in [5.41, 5.74) is 2.24. The van der Waals surface area contributed by atoms with Crippen LogP contribution < -0.4 is 5.43 Å². The number of nitrogens with zero attached hydrogens (tertiary/aromatic N) is 1. The third-order valence-corrected chi connectivity index (χ3v) is 2.10. The molecule has 7 heteroatoms. The third-order valence-electron chi connectivity index (χ3n) is 1.36. The number of rotatable bonds is 2. The maximum atomic E-state index is 11.1. The van der Waals surface area contributed by atoms with Crippen molar-refractivity contribution >= 4 is 26.8 Å². The summed E-state index contributed by atoms with van der Waals surface area (Å²) in [5.74, 6) is -0.716. The molecule has 1 aliphatic heterocycles. The van der Waals surface area contributed by atoms with Gasteiger partial charge in [-0.25, -0.2) is 4.79 Å². The number of hydrogen-bond acceptors (Lipinski definition) is 6. The zero-order chi connectivity index (χ0) is 9.84. The minimum Gasteiger partial charge on any atom is -0.461 e. The predicted molar refractivity (Wildman–Crippen MR) is 46.0 cm³/mol. The lowest BCUT2D eigenvalue weighted by Gasteiger charge is -1.97. The fourth-order valence-electron chi connectivity index (χ4n) is 0.833. The Hall–Kier alpha value is -1.37. The number of hydrazone groups is 1. The lowest BCUT2D eigenvalue weighted by atomic mass is 10.3. The average Bonchev–Trinajstić information content (AvgIpc) is 2.52. The van der Waals surface area contributed by atoms with Gasteiger partial charge in [0.05, 0.1) is 13.2 Å². The van der Waals surface area contributed by atoms with Crippen LogP contribution in [0, 0.1) is 0 Å². The largest absolute Gasteiger partial charge is 0.461 e. The lowest BCUT2D eigenvalue weighted by Crippen LogP contribution is -2.25. The van der Waals surface area contributed by atoms with Crippen molar-refractivity contribution in [1.29, 1.82) is 0 Å². The first-order chi connectivity index (χ1) is 6.16. The van der Waals surface area contributed by atoms with Gasteiger partial charge in [-0.15, -0.1) is 0 Å². The Bertz CT molecular complexity index is 373. The van der Waals surface area contributed by atoms with E-state index in [4.69, 9.17) is 0 Å². The highest BCUT2D eigenvalue weighted by atomic mass is 32.2. The summed E-state index contributed by atoms with van der Waals surface area (Å²) in [7, 11) is -2.42. The van der Waals surface area contributed by atoms with Crippen LogP contribution in [0.25, 0.3) is 0 Å². The topological polar surface area (TPSA) is 84.8 Å². The molecule has 0 unspecified atom stereocenters. The Morgan fingerprint density at radius 2 is 2.38 bits per heavy atom. The highest BCUT2D eigenvalue weighted by Gasteiger charge is 2.25. The minimum atomic E-state index is -2.42. The summed E-state index contributed by atoms with van der Waals surface area (Å²) in [6, 6.07) is 0. The molecule has 0 saturated carbocycles. The van der Waals surface area contributed by atoms with E-state index in [-0.39, 0.29) is 23.7 Å². The highest BCUT2D eigenvalue weighted by Crippen LogP contribution is 1.93. The molecule has 1 rings (SSSR count). The smallest absolute Gasteiger partial charge is 0.360 e. The molecule has 0 aromatic heterocycles. The van der Waals surface area contributed by atoms with E-state index in [1.165, 1.54) is 0 Å². The molecule has 0 saturated heterocycles. The van der Waals surface area contributed by atoms with Crippen molar-refractivity contribution in [2.45, 2.75) is 6.92 Å². The van der Waals surface area contributed by atoms with Crippen molar-refractivity contribution in [3.8, 4) is 0 Å². The second-order valence-electron chi connectivity index (χ2n) is 2.17. The molecule has 0 aromatic carbocycles. The van der Waals surface area contributed by atoms with E-state index in [1.807, 2.05) is 0 Å². The molecule has 0 amide bonds. The minimum absolute atomic E-state index is 0.0459. The second-order valence-corrected chi connectivity index (χ2v) is 3.14. The van der Waals surface area contributed by atoms with Crippen LogP contribution in [0.15, 0.2) is 5.10 Å². The van der Waals surface area contributed by atoms with Gasteiger partial charge >= 0.3 is 5.97 Å². The van der Waals surface area contributed by atoms with Crippen molar-refractivity contribution in [2.75, 3.05) is 13.2 Å². The van der Waals surface area contributed by atoms with Crippen molar-refractivity contribution < 1.29 is 17.9 Å². The standard InChI is InChI=1S/C6H8N2O4S/c1-2-12-6(9)5-4(13(10)11)3-7-8-5/h7H,2-3H2,1H3. The predicted octanol–water partition coefficient (Wildman–Crippen LogP) is -1.44. The van der Waals surface area contributed by atoms with Crippen LogP contribution in [-0.2, 0) is 19.8 Å². The van der Waals surface area contributed by atoms with Crippen LogP contribution in [0.3, 0.4) is 0 Å². The lowest BCUT2D eigenvalue weighted by molar-refractivity contribution is -0.134. The van der Waals surface area contributed by atoms with E-state index >= 15 is 0 Å². The number of carbonyl (C=O) groups is 1. The molecular formula is C6H8N2O4S. The molecule has 0 spiro atoms. The van der Waals surface area contributed by atoms with Crippen molar-refractivity contribution in [1.82, 2.24) is 5.43 Å². The van der Waals surface area contributed by atoms with Crippen molar-refractivity contribution in [3.63, 3.8) is 0 Å². The average molecular weight is 204 g/mol. The fourth-order valence-corrected chi connectivity index (χ4v) is 1.30. The molecule has 0 atom stereocenters. The first-order valence-electron chi connectivity index (χ1n) is 3.60. The molecule has 1 heterocycles. The van der Waals surface area contributed by atoms with Crippen LogP contribution in [0.5, 0.6) is 0 Å². The van der Waals surface area contributed by atoms with Crippen LogP contribution in [0.1, 0.15) is 6.92 Å². The van der Waals surface area contributed by atoms with Gasteiger partial charge in [-0.05, 0) is 6.92 Å². The number of nitrogens with one attached hydrogen (secondary N) is 1. The Kier molecular flexibility index (Phi) is 3.02. The van der Waals surface area contributed by atoms with Crippen LogP contribution in [0.4, 0.5) is 0 Å². The molecule has 0 bridgehead atoms. The van der Waals surface area contributed by atoms with Gasteiger partial charge in [-0.3, -0.25) is 0 Å². The molecule has 1 N–H and O–H groups in total. The van der Waals surface area contributed by atoms with Gasteiger partial charge < -0.3 is 10.2 Å². The van der Waals surface area contributed by atoms with Gasteiger partial charge in [-0.2, -0.15) is 13.5 Å². The first kappa shape index (κ1) is 9.72.